The molecule has 2 amide bonds. The molecule has 1 saturated heterocycles. The van der Waals surface area contributed by atoms with E-state index in [-0.39, 0.29) is 11.9 Å². The molecule has 2 aliphatic rings. The van der Waals surface area contributed by atoms with Crippen molar-refractivity contribution in [3.63, 3.8) is 0 Å². The highest BCUT2D eigenvalue weighted by atomic mass is 16.2. The number of carbonyl (C=O) groups is 2. The summed E-state index contributed by atoms with van der Waals surface area (Å²) in [6.45, 7) is 1.37. The van der Waals surface area contributed by atoms with Crippen LogP contribution in [-0.4, -0.2) is 44.3 Å². The van der Waals surface area contributed by atoms with Crippen LogP contribution < -0.4 is 5.73 Å². The zero-order valence-corrected chi connectivity index (χ0v) is 14.0. The average molecular weight is 339 g/mol. The third-order valence-corrected chi connectivity index (χ3v) is 4.98. The highest BCUT2D eigenvalue weighted by molar-refractivity contribution is 5.99. The SMILES string of the molecule is NC(=O)c1cccc(C(=O)N2CCC[C@H]2Cn2cc(C3CC3)nn2)c1. The molecule has 2 aromatic rings. The second-order valence-corrected chi connectivity index (χ2v) is 6.88. The molecule has 0 spiro atoms. The first-order chi connectivity index (χ1) is 12.1. The molecule has 7 nitrogen and oxygen atoms in total. The van der Waals surface area contributed by atoms with E-state index in [1.165, 1.54) is 12.8 Å². The first kappa shape index (κ1) is 15.8. The van der Waals surface area contributed by atoms with E-state index in [0.717, 1.165) is 18.5 Å². The maximum atomic E-state index is 12.9. The van der Waals surface area contributed by atoms with E-state index >= 15 is 0 Å². The fourth-order valence-electron chi connectivity index (χ4n) is 3.45. The maximum absolute atomic E-state index is 12.9. The van der Waals surface area contributed by atoms with Gasteiger partial charge >= 0.3 is 0 Å². The Kier molecular flexibility index (Phi) is 3.99. The summed E-state index contributed by atoms with van der Waals surface area (Å²) in [6, 6.07) is 6.71. The summed E-state index contributed by atoms with van der Waals surface area (Å²) in [5, 5.41) is 8.45. The van der Waals surface area contributed by atoms with Gasteiger partial charge in [-0.2, -0.15) is 0 Å². The molecule has 1 aromatic carbocycles. The highest BCUT2D eigenvalue weighted by Gasteiger charge is 2.31. The molecule has 1 aliphatic carbocycles. The summed E-state index contributed by atoms with van der Waals surface area (Å²) < 4.78 is 1.85. The fraction of sp³-hybridized carbons (Fsp3) is 0.444. The smallest absolute Gasteiger partial charge is 0.254 e. The summed E-state index contributed by atoms with van der Waals surface area (Å²) in [5.41, 5.74) is 7.23. The third-order valence-electron chi connectivity index (χ3n) is 4.98. The first-order valence-corrected chi connectivity index (χ1v) is 8.72. The Morgan fingerprint density at radius 3 is 2.76 bits per heavy atom. The molecular formula is C18H21N5O2. The molecule has 2 N–H and O–H groups in total. The number of likely N-dealkylation sites (tertiary alicyclic amines) is 1. The van der Waals surface area contributed by atoms with Crippen molar-refractivity contribution in [2.24, 2.45) is 5.73 Å². The highest BCUT2D eigenvalue weighted by Crippen LogP contribution is 2.38. The Labute approximate surface area is 145 Å². The van der Waals surface area contributed by atoms with Crippen LogP contribution in [0, 0.1) is 0 Å². The molecule has 7 heteroatoms. The van der Waals surface area contributed by atoms with Crippen molar-refractivity contribution in [1.82, 2.24) is 19.9 Å². The van der Waals surface area contributed by atoms with Crippen molar-refractivity contribution < 1.29 is 9.59 Å². The van der Waals surface area contributed by atoms with Crippen LogP contribution in [-0.2, 0) is 6.54 Å². The number of hydrogen-bond acceptors (Lipinski definition) is 4. The molecule has 0 radical (unpaired) electrons. The van der Waals surface area contributed by atoms with E-state index in [2.05, 4.69) is 10.3 Å². The van der Waals surface area contributed by atoms with E-state index in [1.807, 2.05) is 15.8 Å². The van der Waals surface area contributed by atoms with Gasteiger partial charge in [0.15, 0.2) is 0 Å². The van der Waals surface area contributed by atoms with Crippen LogP contribution in [0.1, 0.15) is 58.0 Å². The zero-order chi connectivity index (χ0) is 17.4. The second-order valence-electron chi connectivity index (χ2n) is 6.88. The molecule has 2 fully saturated rings. The van der Waals surface area contributed by atoms with Crippen LogP contribution in [0.15, 0.2) is 30.5 Å². The summed E-state index contributed by atoms with van der Waals surface area (Å²) in [7, 11) is 0. The van der Waals surface area contributed by atoms with Crippen molar-refractivity contribution in [2.45, 2.75) is 44.2 Å². The predicted octanol–water partition coefficient (Wildman–Crippen LogP) is 1.56. The van der Waals surface area contributed by atoms with Crippen LogP contribution >= 0.6 is 0 Å². The molecular weight excluding hydrogens is 318 g/mol. The predicted molar refractivity (Wildman–Crippen MR) is 91.0 cm³/mol. The second kappa shape index (κ2) is 6.31. The molecule has 1 atom stereocenters. The van der Waals surface area contributed by atoms with Gasteiger partial charge in [0.2, 0.25) is 5.91 Å². The Hall–Kier alpha value is -2.70. The van der Waals surface area contributed by atoms with E-state index in [1.54, 1.807) is 24.3 Å². The van der Waals surface area contributed by atoms with Crippen LogP contribution in [0.2, 0.25) is 0 Å². The molecule has 1 saturated carbocycles. The van der Waals surface area contributed by atoms with Crippen molar-refractivity contribution >= 4 is 11.8 Å². The van der Waals surface area contributed by atoms with Gasteiger partial charge in [0.25, 0.3) is 5.91 Å². The van der Waals surface area contributed by atoms with Crippen LogP contribution in [0.4, 0.5) is 0 Å². The Morgan fingerprint density at radius 1 is 1.20 bits per heavy atom. The number of nitrogens with zero attached hydrogens (tertiary/aromatic N) is 4. The molecule has 0 unspecified atom stereocenters. The maximum Gasteiger partial charge on any atom is 0.254 e. The van der Waals surface area contributed by atoms with Gasteiger partial charge in [-0.25, -0.2) is 0 Å². The summed E-state index contributed by atoms with van der Waals surface area (Å²) in [6.07, 6.45) is 6.31. The molecule has 2 heterocycles. The van der Waals surface area contributed by atoms with Gasteiger partial charge in [-0.05, 0) is 43.9 Å². The van der Waals surface area contributed by atoms with Gasteiger partial charge in [-0.1, -0.05) is 11.3 Å². The molecule has 4 rings (SSSR count). The number of primary amides is 1. The number of amides is 2. The van der Waals surface area contributed by atoms with Crippen molar-refractivity contribution in [3.8, 4) is 0 Å². The van der Waals surface area contributed by atoms with Crippen molar-refractivity contribution in [1.29, 1.82) is 0 Å². The number of hydrogen-bond donors (Lipinski definition) is 1. The van der Waals surface area contributed by atoms with Gasteiger partial charge in [0, 0.05) is 29.8 Å². The van der Waals surface area contributed by atoms with Crippen LogP contribution in [0.3, 0.4) is 0 Å². The summed E-state index contributed by atoms with van der Waals surface area (Å²) in [4.78, 5) is 26.1. The lowest BCUT2D eigenvalue weighted by Crippen LogP contribution is -2.38. The quantitative estimate of drug-likeness (QED) is 0.894. The minimum atomic E-state index is -0.525. The lowest BCUT2D eigenvalue weighted by Gasteiger charge is -2.24. The zero-order valence-electron chi connectivity index (χ0n) is 14.0. The minimum absolute atomic E-state index is 0.0619. The molecule has 1 aromatic heterocycles. The fourth-order valence-corrected chi connectivity index (χ4v) is 3.45. The Balaban J connectivity index is 1.49. The summed E-state index contributed by atoms with van der Waals surface area (Å²) >= 11 is 0. The van der Waals surface area contributed by atoms with E-state index in [4.69, 9.17) is 5.73 Å². The number of benzene rings is 1. The van der Waals surface area contributed by atoms with Gasteiger partial charge in [-0.15, -0.1) is 5.10 Å². The van der Waals surface area contributed by atoms with Crippen LogP contribution in [0.25, 0.3) is 0 Å². The normalized spacial score (nSPS) is 20.0. The van der Waals surface area contributed by atoms with Gasteiger partial charge in [-0.3, -0.25) is 14.3 Å². The van der Waals surface area contributed by atoms with Crippen LogP contribution in [0.5, 0.6) is 0 Å². The average Bonchev–Trinajstić information content (AvgIpc) is 3.19. The van der Waals surface area contributed by atoms with Gasteiger partial charge < -0.3 is 10.6 Å². The molecule has 1 aliphatic heterocycles. The Bertz CT molecular complexity index is 811. The third kappa shape index (κ3) is 3.26. The van der Waals surface area contributed by atoms with Crippen molar-refractivity contribution in [3.05, 3.63) is 47.3 Å². The first-order valence-electron chi connectivity index (χ1n) is 8.72. The number of rotatable bonds is 5. The molecule has 25 heavy (non-hydrogen) atoms. The number of aromatic nitrogens is 3. The van der Waals surface area contributed by atoms with E-state index < -0.39 is 5.91 Å². The van der Waals surface area contributed by atoms with Gasteiger partial charge in [0.1, 0.15) is 0 Å². The van der Waals surface area contributed by atoms with E-state index in [0.29, 0.717) is 30.1 Å². The monoisotopic (exact) mass is 339 g/mol. The molecule has 0 bridgehead atoms. The summed E-state index contributed by atoms with van der Waals surface area (Å²) in [5.74, 6) is -0.0115. The largest absolute Gasteiger partial charge is 0.366 e. The molecule has 130 valence electrons. The lowest BCUT2D eigenvalue weighted by molar-refractivity contribution is 0.0721. The van der Waals surface area contributed by atoms with Crippen molar-refractivity contribution in [2.75, 3.05) is 6.54 Å². The van der Waals surface area contributed by atoms with E-state index in [9.17, 15) is 9.59 Å². The standard InChI is InChI=1S/C18H21N5O2/c19-17(24)13-3-1-4-14(9-13)18(25)23-8-2-5-15(23)10-22-11-16(20-21-22)12-6-7-12/h1,3-4,9,11-12,15H,2,5-8,10H2,(H2,19,24)/t15-/m0/s1. The topological polar surface area (TPSA) is 94.1 Å². The minimum Gasteiger partial charge on any atom is -0.366 e. The Morgan fingerprint density at radius 2 is 2.00 bits per heavy atom. The lowest BCUT2D eigenvalue weighted by atomic mass is 10.1. The number of carbonyl (C=O) groups excluding carboxylic acids is 2. The number of nitrogens with two attached hydrogens (primary N) is 1. The van der Waals surface area contributed by atoms with Gasteiger partial charge in [0.05, 0.1) is 18.3 Å².